The minimum absolute atomic E-state index is 0.0108. The van der Waals surface area contributed by atoms with Gasteiger partial charge in [-0.1, -0.05) is 36.4 Å². The van der Waals surface area contributed by atoms with Gasteiger partial charge >= 0.3 is 5.97 Å². The molecular weight excluding hydrogens is 459 g/mol. The number of hydrogen-bond acceptors (Lipinski definition) is 5. The monoisotopic (exact) mass is 482 g/mol. The standard InChI is InChI=1S/C25H23FN2O5S/c1-17(24(29)28-15-14-18-6-2-3-7-19(18)16-28)33-25(30)22-8-4-5-9-23(22)27-34(31,32)21-12-10-20(26)11-13-21/h2-13,17,27H,14-16H2,1H3. The first-order chi connectivity index (χ1) is 16.2. The number of carbonyl (C=O) groups excluding carboxylic acids is 2. The number of nitrogens with one attached hydrogen (secondary N) is 1. The zero-order chi connectivity index (χ0) is 24.3. The Morgan fingerprint density at radius 2 is 1.62 bits per heavy atom. The number of amides is 1. The van der Waals surface area contributed by atoms with Gasteiger partial charge in [0.2, 0.25) is 0 Å². The molecule has 9 heteroatoms. The summed E-state index contributed by atoms with van der Waals surface area (Å²) in [6.45, 7) is 2.45. The van der Waals surface area contributed by atoms with Gasteiger partial charge in [0, 0.05) is 13.1 Å². The quantitative estimate of drug-likeness (QED) is 0.540. The van der Waals surface area contributed by atoms with Gasteiger partial charge in [-0.2, -0.15) is 0 Å². The minimum atomic E-state index is -4.08. The van der Waals surface area contributed by atoms with Crippen LogP contribution >= 0.6 is 0 Å². The second-order valence-corrected chi connectivity index (χ2v) is 9.61. The van der Waals surface area contributed by atoms with E-state index in [0.717, 1.165) is 36.2 Å². The molecule has 176 valence electrons. The lowest BCUT2D eigenvalue weighted by Crippen LogP contribution is -2.42. The molecule has 1 N–H and O–H groups in total. The Bertz CT molecular complexity index is 1330. The number of para-hydroxylation sites is 1. The molecule has 1 aliphatic heterocycles. The van der Waals surface area contributed by atoms with Crippen molar-refractivity contribution in [3.05, 3.63) is 95.3 Å². The maximum absolute atomic E-state index is 13.2. The molecule has 3 aromatic rings. The van der Waals surface area contributed by atoms with E-state index in [1.165, 1.54) is 24.6 Å². The van der Waals surface area contributed by atoms with Crippen molar-refractivity contribution in [3.8, 4) is 0 Å². The molecule has 0 saturated heterocycles. The van der Waals surface area contributed by atoms with Crippen molar-refractivity contribution >= 4 is 27.6 Å². The zero-order valence-corrected chi connectivity index (χ0v) is 19.2. The van der Waals surface area contributed by atoms with E-state index < -0.39 is 27.9 Å². The molecule has 4 rings (SSSR count). The van der Waals surface area contributed by atoms with E-state index in [0.29, 0.717) is 13.1 Å². The number of carbonyl (C=O) groups is 2. The first-order valence-electron chi connectivity index (χ1n) is 10.7. The van der Waals surface area contributed by atoms with E-state index in [4.69, 9.17) is 4.74 Å². The highest BCUT2D eigenvalue weighted by atomic mass is 32.2. The van der Waals surface area contributed by atoms with E-state index in [1.54, 1.807) is 17.0 Å². The Balaban J connectivity index is 1.46. The van der Waals surface area contributed by atoms with E-state index in [9.17, 15) is 22.4 Å². The van der Waals surface area contributed by atoms with Crippen molar-refractivity contribution in [1.82, 2.24) is 4.90 Å². The maximum Gasteiger partial charge on any atom is 0.341 e. The van der Waals surface area contributed by atoms with Crippen LogP contribution in [-0.4, -0.2) is 37.8 Å². The van der Waals surface area contributed by atoms with Crippen molar-refractivity contribution in [2.75, 3.05) is 11.3 Å². The Hall–Kier alpha value is -3.72. The number of ether oxygens (including phenoxy) is 1. The van der Waals surface area contributed by atoms with Gasteiger partial charge in [0.1, 0.15) is 5.82 Å². The van der Waals surface area contributed by atoms with Crippen LogP contribution < -0.4 is 4.72 Å². The summed E-state index contributed by atoms with van der Waals surface area (Å²) in [6, 6.07) is 18.1. The Morgan fingerprint density at radius 3 is 2.35 bits per heavy atom. The Kier molecular flexibility index (Phi) is 6.65. The fraction of sp³-hybridized carbons (Fsp3) is 0.200. The van der Waals surface area contributed by atoms with Gasteiger partial charge < -0.3 is 9.64 Å². The van der Waals surface area contributed by atoms with Crippen molar-refractivity contribution in [2.45, 2.75) is 30.9 Å². The van der Waals surface area contributed by atoms with Gasteiger partial charge in [-0.05, 0) is 60.9 Å². The Labute approximate surface area is 197 Å². The molecule has 1 atom stereocenters. The number of sulfonamides is 1. The average Bonchev–Trinajstić information content (AvgIpc) is 2.83. The summed E-state index contributed by atoms with van der Waals surface area (Å²) in [5, 5.41) is 0. The van der Waals surface area contributed by atoms with E-state index in [-0.39, 0.29) is 22.1 Å². The predicted molar refractivity (Wildman–Crippen MR) is 124 cm³/mol. The highest BCUT2D eigenvalue weighted by Gasteiger charge is 2.28. The molecule has 0 aromatic heterocycles. The molecule has 0 bridgehead atoms. The van der Waals surface area contributed by atoms with Crippen LogP contribution in [0.5, 0.6) is 0 Å². The zero-order valence-electron chi connectivity index (χ0n) is 18.4. The summed E-state index contributed by atoms with van der Waals surface area (Å²) in [4.78, 5) is 27.2. The molecule has 0 fully saturated rings. The van der Waals surface area contributed by atoms with E-state index >= 15 is 0 Å². The van der Waals surface area contributed by atoms with Gasteiger partial charge in [0.05, 0.1) is 16.1 Å². The smallest absolute Gasteiger partial charge is 0.341 e. The van der Waals surface area contributed by atoms with Gasteiger partial charge in [0.15, 0.2) is 6.10 Å². The SMILES string of the molecule is CC(OC(=O)c1ccccc1NS(=O)(=O)c1ccc(F)cc1)C(=O)N1CCc2ccccc2C1. The number of halogens is 1. The number of hydrogen-bond donors (Lipinski definition) is 1. The molecule has 0 spiro atoms. The topological polar surface area (TPSA) is 92.8 Å². The molecule has 3 aromatic carbocycles. The van der Waals surface area contributed by atoms with Crippen molar-refractivity contribution in [3.63, 3.8) is 0 Å². The van der Waals surface area contributed by atoms with Crippen molar-refractivity contribution < 1.29 is 27.1 Å². The fourth-order valence-electron chi connectivity index (χ4n) is 3.78. The summed E-state index contributed by atoms with van der Waals surface area (Å²) in [5.41, 5.74) is 2.19. The van der Waals surface area contributed by atoms with Gasteiger partial charge in [-0.25, -0.2) is 17.6 Å². The van der Waals surface area contributed by atoms with Crippen LogP contribution in [0, 0.1) is 5.82 Å². The third-order valence-electron chi connectivity index (χ3n) is 5.59. The molecule has 0 radical (unpaired) electrons. The molecule has 7 nitrogen and oxygen atoms in total. The number of nitrogens with zero attached hydrogens (tertiary/aromatic N) is 1. The second-order valence-electron chi connectivity index (χ2n) is 7.93. The average molecular weight is 483 g/mol. The van der Waals surface area contributed by atoms with Crippen LogP contribution in [0.15, 0.2) is 77.7 Å². The Morgan fingerprint density at radius 1 is 0.971 bits per heavy atom. The molecule has 1 unspecified atom stereocenters. The normalized spacial score (nSPS) is 14.1. The lowest BCUT2D eigenvalue weighted by molar-refractivity contribution is -0.140. The predicted octanol–water partition coefficient (Wildman–Crippen LogP) is 3.76. The van der Waals surface area contributed by atoms with Crippen LogP contribution in [0.1, 0.15) is 28.4 Å². The van der Waals surface area contributed by atoms with Gasteiger partial charge in [0.25, 0.3) is 15.9 Å². The molecule has 1 amide bonds. The third-order valence-corrected chi connectivity index (χ3v) is 6.97. The highest BCUT2D eigenvalue weighted by molar-refractivity contribution is 7.92. The number of fused-ring (bicyclic) bond motifs is 1. The number of rotatable bonds is 6. The first-order valence-corrected chi connectivity index (χ1v) is 12.2. The molecule has 1 aliphatic rings. The van der Waals surface area contributed by atoms with Crippen molar-refractivity contribution in [2.24, 2.45) is 0 Å². The number of esters is 1. The van der Waals surface area contributed by atoms with Gasteiger partial charge in [-0.15, -0.1) is 0 Å². The largest absolute Gasteiger partial charge is 0.449 e. The number of benzene rings is 3. The van der Waals surface area contributed by atoms with Crippen LogP contribution in [-0.2, 0) is 32.5 Å². The molecule has 34 heavy (non-hydrogen) atoms. The molecule has 1 heterocycles. The van der Waals surface area contributed by atoms with Gasteiger partial charge in [-0.3, -0.25) is 9.52 Å². The van der Waals surface area contributed by atoms with Crippen LogP contribution in [0.25, 0.3) is 0 Å². The molecule has 0 saturated carbocycles. The number of anilines is 1. The fourth-order valence-corrected chi connectivity index (χ4v) is 4.86. The third kappa shape index (κ3) is 5.09. The van der Waals surface area contributed by atoms with Crippen LogP contribution in [0.4, 0.5) is 10.1 Å². The van der Waals surface area contributed by atoms with E-state index in [2.05, 4.69) is 4.72 Å². The van der Waals surface area contributed by atoms with Crippen molar-refractivity contribution in [1.29, 1.82) is 0 Å². The van der Waals surface area contributed by atoms with Crippen LogP contribution in [0.3, 0.4) is 0 Å². The summed E-state index contributed by atoms with van der Waals surface area (Å²) < 4.78 is 46.3. The van der Waals surface area contributed by atoms with Crippen LogP contribution in [0.2, 0.25) is 0 Å². The highest BCUT2D eigenvalue weighted by Crippen LogP contribution is 2.23. The summed E-state index contributed by atoms with van der Waals surface area (Å²) in [5.74, 6) is -1.73. The van der Waals surface area contributed by atoms with E-state index in [1.807, 2.05) is 24.3 Å². The second kappa shape index (κ2) is 9.64. The lowest BCUT2D eigenvalue weighted by Gasteiger charge is -2.30. The summed E-state index contributed by atoms with van der Waals surface area (Å²) >= 11 is 0. The molecular formula is C25H23FN2O5S. The summed E-state index contributed by atoms with van der Waals surface area (Å²) in [6.07, 6.45) is -0.337. The summed E-state index contributed by atoms with van der Waals surface area (Å²) in [7, 11) is -4.08. The lowest BCUT2D eigenvalue weighted by atomic mass is 9.99. The maximum atomic E-state index is 13.2. The minimum Gasteiger partial charge on any atom is -0.449 e. The molecule has 0 aliphatic carbocycles. The first kappa shape index (κ1) is 23.4.